The Kier molecular flexibility index (Phi) is 5.01. The second kappa shape index (κ2) is 6.75. The quantitative estimate of drug-likeness (QED) is 0.568. The molecular weight excluding hydrogens is 256 g/mol. The van der Waals surface area contributed by atoms with E-state index < -0.39 is 0 Å². The van der Waals surface area contributed by atoms with Crippen LogP contribution in [0.4, 0.5) is 0 Å². The average Bonchev–Trinajstić information content (AvgIpc) is 3.25. The summed E-state index contributed by atoms with van der Waals surface area (Å²) in [6.07, 6.45) is 2.67. The first-order chi connectivity index (χ1) is 9.63. The van der Waals surface area contributed by atoms with Crippen molar-refractivity contribution >= 4 is 5.97 Å². The molecule has 1 unspecified atom stereocenters. The highest BCUT2D eigenvalue weighted by atomic mass is 16.6. The van der Waals surface area contributed by atoms with Crippen molar-refractivity contribution in [1.29, 1.82) is 0 Å². The predicted octanol–water partition coefficient (Wildman–Crippen LogP) is 2.98. The second-order valence-electron chi connectivity index (χ2n) is 5.21. The van der Waals surface area contributed by atoms with Crippen molar-refractivity contribution in [2.45, 2.75) is 39.2 Å². The first-order valence-corrected chi connectivity index (χ1v) is 7.14. The zero-order valence-electron chi connectivity index (χ0n) is 12.3. The third kappa shape index (κ3) is 3.97. The van der Waals surface area contributed by atoms with Gasteiger partial charge in [0.2, 0.25) is 0 Å². The van der Waals surface area contributed by atoms with Crippen molar-refractivity contribution < 1.29 is 19.0 Å². The molecular formula is C16H22O4. The number of carbonyl (C=O) groups excluding carboxylic acids is 1. The van der Waals surface area contributed by atoms with Crippen LogP contribution < -0.4 is 9.47 Å². The maximum atomic E-state index is 11.8. The van der Waals surface area contributed by atoms with Gasteiger partial charge in [0.15, 0.2) is 11.5 Å². The van der Waals surface area contributed by atoms with Gasteiger partial charge >= 0.3 is 5.97 Å². The predicted molar refractivity (Wildman–Crippen MR) is 76.1 cm³/mol. The van der Waals surface area contributed by atoms with E-state index in [1.54, 1.807) is 7.11 Å². The molecule has 1 atom stereocenters. The van der Waals surface area contributed by atoms with Gasteiger partial charge in [-0.05, 0) is 43.9 Å². The zero-order chi connectivity index (χ0) is 14.5. The normalized spacial score (nSPS) is 15.8. The number of benzene rings is 1. The van der Waals surface area contributed by atoms with E-state index in [4.69, 9.17) is 14.2 Å². The van der Waals surface area contributed by atoms with Crippen molar-refractivity contribution in [2.75, 3.05) is 13.7 Å². The number of rotatable bonds is 7. The van der Waals surface area contributed by atoms with Gasteiger partial charge in [-0.2, -0.15) is 0 Å². The lowest BCUT2D eigenvalue weighted by molar-refractivity contribution is -0.135. The highest BCUT2D eigenvalue weighted by molar-refractivity contribution is 5.78. The van der Waals surface area contributed by atoms with Crippen LogP contribution in [0.5, 0.6) is 11.5 Å². The molecule has 2 rings (SSSR count). The van der Waals surface area contributed by atoms with Crippen LogP contribution in [0.3, 0.4) is 0 Å². The number of esters is 1. The maximum absolute atomic E-state index is 11.8. The SMILES string of the molecule is CCc1ccc(OC(C)COC)c(OC(=O)C2CC2)c1. The molecule has 0 bridgehead atoms. The molecule has 1 aliphatic rings. The molecule has 0 radical (unpaired) electrons. The fraction of sp³-hybridized carbons (Fsp3) is 0.562. The Morgan fingerprint density at radius 1 is 1.35 bits per heavy atom. The standard InChI is InChI=1S/C16H22O4/c1-4-12-5-8-14(19-11(2)10-18-3)15(9-12)20-16(17)13-6-7-13/h5,8-9,11,13H,4,6-7,10H2,1-3H3. The molecule has 0 N–H and O–H groups in total. The number of methoxy groups -OCH3 is 1. The summed E-state index contributed by atoms with van der Waals surface area (Å²) >= 11 is 0. The molecule has 0 spiro atoms. The second-order valence-corrected chi connectivity index (χ2v) is 5.21. The average molecular weight is 278 g/mol. The van der Waals surface area contributed by atoms with E-state index in [9.17, 15) is 4.79 Å². The summed E-state index contributed by atoms with van der Waals surface area (Å²) in [6.45, 7) is 4.48. The smallest absolute Gasteiger partial charge is 0.314 e. The lowest BCUT2D eigenvalue weighted by Gasteiger charge is -2.17. The van der Waals surface area contributed by atoms with Crippen molar-refractivity contribution in [2.24, 2.45) is 5.92 Å². The molecule has 0 saturated heterocycles. The summed E-state index contributed by atoms with van der Waals surface area (Å²) in [5, 5.41) is 0. The third-order valence-corrected chi connectivity index (χ3v) is 3.27. The largest absolute Gasteiger partial charge is 0.484 e. The molecule has 20 heavy (non-hydrogen) atoms. The van der Waals surface area contributed by atoms with Gasteiger partial charge < -0.3 is 14.2 Å². The van der Waals surface area contributed by atoms with E-state index in [2.05, 4.69) is 6.92 Å². The Balaban J connectivity index is 2.13. The number of hydrogen-bond acceptors (Lipinski definition) is 4. The summed E-state index contributed by atoms with van der Waals surface area (Å²) in [6, 6.07) is 5.74. The summed E-state index contributed by atoms with van der Waals surface area (Å²) in [5.74, 6) is 1.04. The van der Waals surface area contributed by atoms with Crippen LogP contribution >= 0.6 is 0 Å². The first-order valence-electron chi connectivity index (χ1n) is 7.14. The van der Waals surface area contributed by atoms with E-state index in [0.717, 1.165) is 24.8 Å². The van der Waals surface area contributed by atoms with E-state index in [-0.39, 0.29) is 18.0 Å². The van der Waals surface area contributed by atoms with Gasteiger partial charge in [0, 0.05) is 7.11 Å². The Morgan fingerprint density at radius 2 is 2.10 bits per heavy atom. The van der Waals surface area contributed by atoms with Gasteiger partial charge in [-0.3, -0.25) is 4.79 Å². The van der Waals surface area contributed by atoms with Gasteiger partial charge in [-0.15, -0.1) is 0 Å². The van der Waals surface area contributed by atoms with Gasteiger partial charge in [-0.1, -0.05) is 13.0 Å². The number of aryl methyl sites for hydroxylation is 1. The lowest BCUT2D eigenvalue weighted by Crippen LogP contribution is -2.19. The fourth-order valence-electron chi connectivity index (χ4n) is 1.95. The number of carbonyl (C=O) groups is 1. The van der Waals surface area contributed by atoms with Gasteiger partial charge in [0.25, 0.3) is 0 Å². The highest BCUT2D eigenvalue weighted by Gasteiger charge is 2.32. The molecule has 0 aromatic heterocycles. The third-order valence-electron chi connectivity index (χ3n) is 3.27. The zero-order valence-corrected chi connectivity index (χ0v) is 12.3. The van der Waals surface area contributed by atoms with Crippen molar-refractivity contribution in [3.05, 3.63) is 23.8 Å². The molecule has 4 nitrogen and oxygen atoms in total. The van der Waals surface area contributed by atoms with Gasteiger partial charge in [0.1, 0.15) is 6.10 Å². The molecule has 0 amide bonds. The summed E-state index contributed by atoms with van der Waals surface area (Å²) in [5.41, 5.74) is 1.12. The van der Waals surface area contributed by atoms with Crippen molar-refractivity contribution in [3.63, 3.8) is 0 Å². The Labute approximate surface area is 120 Å². The van der Waals surface area contributed by atoms with E-state index in [1.807, 2.05) is 25.1 Å². The number of hydrogen-bond donors (Lipinski definition) is 0. The van der Waals surface area contributed by atoms with Crippen LogP contribution in [-0.4, -0.2) is 25.8 Å². The summed E-state index contributed by atoms with van der Waals surface area (Å²) in [7, 11) is 1.63. The lowest BCUT2D eigenvalue weighted by atomic mass is 10.1. The minimum atomic E-state index is -0.150. The monoisotopic (exact) mass is 278 g/mol. The van der Waals surface area contributed by atoms with E-state index in [1.165, 1.54) is 0 Å². The molecule has 0 heterocycles. The van der Waals surface area contributed by atoms with Crippen LogP contribution in [0.2, 0.25) is 0 Å². The molecule has 1 aromatic rings. The minimum Gasteiger partial charge on any atom is -0.484 e. The molecule has 1 fully saturated rings. The maximum Gasteiger partial charge on any atom is 0.314 e. The van der Waals surface area contributed by atoms with Gasteiger partial charge in [-0.25, -0.2) is 0 Å². The highest BCUT2D eigenvalue weighted by Crippen LogP contribution is 2.34. The Hall–Kier alpha value is -1.55. The first kappa shape index (κ1) is 14.9. The van der Waals surface area contributed by atoms with E-state index in [0.29, 0.717) is 18.1 Å². The summed E-state index contributed by atoms with van der Waals surface area (Å²) in [4.78, 5) is 11.8. The minimum absolute atomic E-state index is 0.0736. The van der Waals surface area contributed by atoms with Crippen molar-refractivity contribution in [1.82, 2.24) is 0 Å². The molecule has 1 aromatic carbocycles. The van der Waals surface area contributed by atoms with Crippen LogP contribution in [0, 0.1) is 5.92 Å². The molecule has 110 valence electrons. The van der Waals surface area contributed by atoms with Crippen LogP contribution in [0.1, 0.15) is 32.3 Å². The molecule has 4 heteroatoms. The fourth-order valence-corrected chi connectivity index (χ4v) is 1.95. The molecule has 0 aliphatic heterocycles. The number of ether oxygens (including phenoxy) is 3. The topological polar surface area (TPSA) is 44.8 Å². The van der Waals surface area contributed by atoms with E-state index >= 15 is 0 Å². The Bertz CT molecular complexity index is 466. The van der Waals surface area contributed by atoms with Crippen molar-refractivity contribution in [3.8, 4) is 11.5 Å². The Morgan fingerprint density at radius 3 is 2.70 bits per heavy atom. The van der Waals surface area contributed by atoms with Crippen LogP contribution in [0.25, 0.3) is 0 Å². The van der Waals surface area contributed by atoms with Crippen LogP contribution in [-0.2, 0) is 16.0 Å². The summed E-state index contributed by atoms with van der Waals surface area (Å²) < 4.78 is 16.3. The molecule has 1 aliphatic carbocycles. The van der Waals surface area contributed by atoms with Gasteiger partial charge in [0.05, 0.1) is 12.5 Å². The van der Waals surface area contributed by atoms with Crippen LogP contribution in [0.15, 0.2) is 18.2 Å². The molecule has 1 saturated carbocycles.